The van der Waals surface area contributed by atoms with Crippen molar-refractivity contribution in [2.75, 3.05) is 11.4 Å². The summed E-state index contributed by atoms with van der Waals surface area (Å²) in [6.07, 6.45) is 2.39. The van der Waals surface area contributed by atoms with Crippen LogP contribution in [0.5, 0.6) is 5.75 Å². The molecular formula is C21H17ClN2O3. The van der Waals surface area contributed by atoms with Gasteiger partial charge in [-0.1, -0.05) is 29.8 Å². The fourth-order valence-electron chi connectivity index (χ4n) is 4.08. The number of carbonyl (C=O) groups excluding carboxylic acids is 1. The van der Waals surface area contributed by atoms with E-state index >= 15 is 0 Å². The van der Waals surface area contributed by atoms with Gasteiger partial charge in [0.05, 0.1) is 22.5 Å². The summed E-state index contributed by atoms with van der Waals surface area (Å²) >= 11 is 6.35. The van der Waals surface area contributed by atoms with Gasteiger partial charge in [0.15, 0.2) is 0 Å². The van der Waals surface area contributed by atoms with Crippen LogP contribution in [0, 0.1) is 0 Å². The summed E-state index contributed by atoms with van der Waals surface area (Å²) in [6, 6.07) is 11.2. The SMILES string of the molecule is C[C@H]1Cn2cc(C(=O)N3CCc4ccccc43)c(=O)c3c(Cl)ccc(c32)O1. The predicted molar refractivity (Wildman–Crippen MR) is 105 cm³/mol. The van der Waals surface area contributed by atoms with E-state index in [1.54, 1.807) is 23.2 Å². The first kappa shape index (κ1) is 16.4. The number of hydrogen-bond acceptors (Lipinski definition) is 3. The Bertz CT molecular complexity index is 1170. The monoisotopic (exact) mass is 380 g/mol. The Morgan fingerprint density at radius 2 is 2.04 bits per heavy atom. The Morgan fingerprint density at radius 1 is 1.22 bits per heavy atom. The Balaban J connectivity index is 1.72. The van der Waals surface area contributed by atoms with E-state index < -0.39 is 0 Å². The number of pyridine rings is 1. The number of para-hydroxylation sites is 1. The van der Waals surface area contributed by atoms with Gasteiger partial charge in [0.2, 0.25) is 5.43 Å². The van der Waals surface area contributed by atoms with Gasteiger partial charge in [-0.15, -0.1) is 0 Å². The van der Waals surface area contributed by atoms with E-state index in [4.69, 9.17) is 16.3 Å². The molecule has 1 atom stereocenters. The van der Waals surface area contributed by atoms with Crippen molar-refractivity contribution in [3.63, 3.8) is 0 Å². The fourth-order valence-corrected chi connectivity index (χ4v) is 4.32. The first-order valence-electron chi connectivity index (χ1n) is 8.96. The number of aromatic nitrogens is 1. The van der Waals surface area contributed by atoms with Crippen molar-refractivity contribution in [2.24, 2.45) is 0 Å². The molecule has 5 rings (SSSR count). The molecular weight excluding hydrogens is 364 g/mol. The molecule has 3 heterocycles. The van der Waals surface area contributed by atoms with Gasteiger partial charge in [-0.05, 0) is 37.1 Å². The summed E-state index contributed by atoms with van der Waals surface area (Å²) in [5, 5.41) is 0.682. The normalized spacial score (nSPS) is 17.7. The van der Waals surface area contributed by atoms with Crippen molar-refractivity contribution < 1.29 is 9.53 Å². The molecule has 27 heavy (non-hydrogen) atoms. The summed E-state index contributed by atoms with van der Waals surface area (Å²) in [5.41, 5.74) is 2.45. The molecule has 0 saturated heterocycles. The zero-order valence-corrected chi connectivity index (χ0v) is 15.5. The number of amides is 1. The third-order valence-corrected chi connectivity index (χ3v) is 5.59. The molecule has 1 amide bonds. The Morgan fingerprint density at radius 3 is 2.89 bits per heavy atom. The number of halogens is 1. The van der Waals surface area contributed by atoms with Crippen molar-refractivity contribution in [1.82, 2.24) is 4.57 Å². The van der Waals surface area contributed by atoms with Gasteiger partial charge in [-0.25, -0.2) is 0 Å². The minimum absolute atomic E-state index is 0.0557. The lowest BCUT2D eigenvalue weighted by atomic mass is 10.1. The third-order valence-electron chi connectivity index (χ3n) is 5.28. The molecule has 0 bridgehead atoms. The van der Waals surface area contributed by atoms with Gasteiger partial charge < -0.3 is 14.2 Å². The number of hydrogen-bond donors (Lipinski definition) is 0. The highest BCUT2D eigenvalue weighted by Gasteiger charge is 2.30. The molecule has 6 heteroatoms. The van der Waals surface area contributed by atoms with E-state index in [1.807, 2.05) is 35.8 Å². The van der Waals surface area contributed by atoms with E-state index in [-0.39, 0.29) is 23.0 Å². The van der Waals surface area contributed by atoms with Crippen LogP contribution in [-0.4, -0.2) is 23.1 Å². The van der Waals surface area contributed by atoms with Crippen molar-refractivity contribution in [3.05, 3.63) is 69.0 Å². The lowest BCUT2D eigenvalue weighted by molar-refractivity contribution is 0.0987. The summed E-state index contributed by atoms with van der Waals surface area (Å²) in [5.74, 6) is 0.340. The number of benzene rings is 2. The number of rotatable bonds is 1. The van der Waals surface area contributed by atoms with Crippen LogP contribution < -0.4 is 15.1 Å². The molecule has 2 aromatic carbocycles. The van der Waals surface area contributed by atoms with Crippen LogP contribution in [0.2, 0.25) is 5.02 Å². The van der Waals surface area contributed by atoms with Crippen LogP contribution in [-0.2, 0) is 13.0 Å². The van der Waals surface area contributed by atoms with Crippen LogP contribution in [0.3, 0.4) is 0 Å². The smallest absolute Gasteiger partial charge is 0.263 e. The molecule has 0 aliphatic carbocycles. The van der Waals surface area contributed by atoms with Gasteiger partial charge in [-0.3, -0.25) is 9.59 Å². The highest BCUT2D eigenvalue weighted by atomic mass is 35.5. The minimum Gasteiger partial charge on any atom is -0.487 e. The summed E-state index contributed by atoms with van der Waals surface area (Å²) in [4.78, 5) is 28.1. The summed E-state index contributed by atoms with van der Waals surface area (Å²) in [7, 11) is 0. The van der Waals surface area contributed by atoms with E-state index in [0.29, 0.717) is 34.8 Å². The average molecular weight is 381 g/mol. The second-order valence-electron chi connectivity index (χ2n) is 7.06. The van der Waals surface area contributed by atoms with E-state index in [2.05, 4.69) is 0 Å². The molecule has 0 spiro atoms. The van der Waals surface area contributed by atoms with E-state index in [0.717, 1.165) is 17.7 Å². The molecule has 2 aliphatic heterocycles. The Kier molecular flexibility index (Phi) is 3.56. The second-order valence-corrected chi connectivity index (χ2v) is 7.46. The average Bonchev–Trinajstić information content (AvgIpc) is 3.09. The van der Waals surface area contributed by atoms with Crippen LogP contribution >= 0.6 is 11.6 Å². The zero-order chi connectivity index (χ0) is 18.7. The lowest BCUT2D eigenvalue weighted by Gasteiger charge is -2.27. The van der Waals surface area contributed by atoms with E-state index in [9.17, 15) is 9.59 Å². The largest absolute Gasteiger partial charge is 0.487 e. The quantitative estimate of drug-likeness (QED) is 0.647. The molecule has 136 valence electrons. The lowest BCUT2D eigenvalue weighted by Crippen LogP contribution is -2.35. The molecule has 0 saturated carbocycles. The van der Waals surface area contributed by atoms with E-state index in [1.165, 1.54) is 0 Å². The van der Waals surface area contributed by atoms with Gasteiger partial charge in [0.1, 0.15) is 17.4 Å². The number of anilines is 1. The molecule has 1 aromatic heterocycles. The van der Waals surface area contributed by atoms with Gasteiger partial charge in [0.25, 0.3) is 5.91 Å². The molecule has 0 radical (unpaired) electrons. The fraction of sp³-hybridized carbons (Fsp3) is 0.238. The van der Waals surface area contributed by atoms with Crippen molar-refractivity contribution in [2.45, 2.75) is 26.0 Å². The molecule has 5 nitrogen and oxygen atoms in total. The van der Waals surface area contributed by atoms with Crippen molar-refractivity contribution in [1.29, 1.82) is 0 Å². The van der Waals surface area contributed by atoms with Gasteiger partial charge >= 0.3 is 0 Å². The molecule has 0 N–H and O–H groups in total. The molecule has 3 aromatic rings. The predicted octanol–water partition coefficient (Wildman–Crippen LogP) is 3.64. The Labute approximate surface area is 160 Å². The van der Waals surface area contributed by atoms with Gasteiger partial charge in [-0.2, -0.15) is 0 Å². The molecule has 2 aliphatic rings. The maximum Gasteiger partial charge on any atom is 0.263 e. The van der Waals surface area contributed by atoms with Crippen LogP contribution in [0.15, 0.2) is 47.4 Å². The second kappa shape index (κ2) is 5.86. The minimum atomic E-state index is -0.347. The van der Waals surface area contributed by atoms with Crippen LogP contribution in [0.25, 0.3) is 10.9 Å². The maximum absolute atomic E-state index is 13.3. The summed E-state index contributed by atoms with van der Waals surface area (Å²) < 4.78 is 7.76. The Hall–Kier alpha value is -2.79. The highest BCUT2D eigenvalue weighted by Crippen LogP contribution is 2.34. The third kappa shape index (κ3) is 2.38. The molecule has 0 fully saturated rings. The number of ether oxygens (including phenoxy) is 1. The first-order valence-corrected chi connectivity index (χ1v) is 9.34. The zero-order valence-electron chi connectivity index (χ0n) is 14.7. The number of nitrogens with zero attached hydrogens (tertiary/aromatic N) is 2. The van der Waals surface area contributed by atoms with Crippen LogP contribution in [0.1, 0.15) is 22.8 Å². The topological polar surface area (TPSA) is 51.5 Å². The summed E-state index contributed by atoms with van der Waals surface area (Å²) in [6.45, 7) is 3.09. The number of carbonyl (C=O) groups is 1. The van der Waals surface area contributed by atoms with Crippen LogP contribution in [0.4, 0.5) is 5.69 Å². The highest BCUT2D eigenvalue weighted by molar-refractivity contribution is 6.35. The maximum atomic E-state index is 13.3. The molecule has 0 unspecified atom stereocenters. The van der Waals surface area contributed by atoms with Crippen molar-refractivity contribution in [3.8, 4) is 5.75 Å². The number of fused-ring (bicyclic) bond motifs is 1. The standard InChI is InChI=1S/C21H17ClN2O3/c1-12-10-23-11-14(20(25)18-15(22)6-7-17(27-12)19(18)23)21(26)24-9-8-13-4-2-3-5-16(13)24/h2-7,11-12H,8-10H2,1H3/t12-/m0/s1. The van der Waals surface area contributed by atoms with Crippen molar-refractivity contribution >= 4 is 34.1 Å². The van der Waals surface area contributed by atoms with Gasteiger partial charge in [0, 0.05) is 18.4 Å². The first-order chi connectivity index (χ1) is 13.0.